The normalized spacial score (nSPS) is 12.9. The third-order valence-corrected chi connectivity index (χ3v) is 3.27. The van der Waals surface area contributed by atoms with Crippen LogP contribution in [0.25, 0.3) is 10.9 Å². The summed E-state index contributed by atoms with van der Waals surface area (Å²) in [5, 5.41) is 1.21. The van der Waals surface area contributed by atoms with E-state index in [1.165, 1.54) is 10.9 Å². The predicted octanol–water partition coefficient (Wildman–Crippen LogP) is 3.96. The minimum Gasteiger partial charge on any atom is -0.253 e. The molecule has 1 nitrogen and oxygen atoms in total. The van der Waals surface area contributed by atoms with Crippen molar-refractivity contribution in [2.75, 3.05) is 5.88 Å². The lowest BCUT2D eigenvalue weighted by Crippen LogP contribution is -2.00. The van der Waals surface area contributed by atoms with E-state index in [9.17, 15) is 0 Å². The van der Waals surface area contributed by atoms with E-state index >= 15 is 0 Å². The Hall–Kier alpha value is -1.08. The molecule has 16 heavy (non-hydrogen) atoms. The zero-order chi connectivity index (χ0) is 11.5. The molecule has 0 aliphatic carbocycles. The number of rotatable bonds is 3. The monoisotopic (exact) mass is 233 g/mol. The molecule has 1 aromatic heterocycles. The van der Waals surface area contributed by atoms with Crippen molar-refractivity contribution in [3.8, 4) is 0 Å². The predicted molar refractivity (Wildman–Crippen MR) is 70.1 cm³/mol. The maximum Gasteiger partial charge on any atom is 0.0705 e. The van der Waals surface area contributed by atoms with Crippen LogP contribution in [0.4, 0.5) is 0 Å². The number of hydrogen-bond acceptors (Lipinski definition) is 1. The molecule has 0 aliphatic heterocycles. The highest BCUT2D eigenvalue weighted by atomic mass is 35.5. The molecule has 0 N–H and O–H groups in total. The summed E-state index contributed by atoms with van der Waals surface area (Å²) in [5.74, 6) is 1.24. The molecule has 1 heterocycles. The Balaban J connectivity index is 2.33. The van der Waals surface area contributed by atoms with Crippen LogP contribution in [0.1, 0.15) is 18.2 Å². The molecule has 1 unspecified atom stereocenters. The molecule has 0 fully saturated rings. The third kappa shape index (κ3) is 2.53. The first kappa shape index (κ1) is 11.4. The molecule has 0 radical (unpaired) electrons. The van der Waals surface area contributed by atoms with Gasteiger partial charge < -0.3 is 0 Å². The number of alkyl halides is 1. The summed E-state index contributed by atoms with van der Waals surface area (Å²) in [6.07, 6.45) is 1.04. The van der Waals surface area contributed by atoms with Crippen LogP contribution in [0.3, 0.4) is 0 Å². The fourth-order valence-electron chi connectivity index (χ4n) is 1.86. The van der Waals surface area contributed by atoms with Gasteiger partial charge in [-0.25, -0.2) is 0 Å². The molecule has 1 atom stereocenters. The SMILES string of the molecule is Cc1ccc2cc(CC(C)CCl)ccc2n1. The lowest BCUT2D eigenvalue weighted by Gasteiger charge is -2.08. The smallest absolute Gasteiger partial charge is 0.0705 e. The second-order valence-electron chi connectivity index (χ2n) is 4.44. The van der Waals surface area contributed by atoms with Gasteiger partial charge in [-0.1, -0.05) is 19.1 Å². The van der Waals surface area contributed by atoms with Crippen LogP contribution in [0.5, 0.6) is 0 Å². The van der Waals surface area contributed by atoms with Gasteiger partial charge in [0.15, 0.2) is 0 Å². The molecule has 0 saturated carbocycles. The minimum absolute atomic E-state index is 0.525. The average molecular weight is 234 g/mol. The van der Waals surface area contributed by atoms with E-state index in [4.69, 9.17) is 11.6 Å². The Bertz CT molecular complexity index is 493. The summed E-state index contributed by atoms with van der Waals surface area (Å²) in [6.45, 7) is 4.19. The highest BCUT2D eigenvalue weighted by Crippen LogP contribution is 2.17. The lowest BCUT2D eigenvalue weighted by molar-refractivity contribution is 0.655. The maximum atomic E-state index is 5.83. The highest BCUT2D eigenvalue weighted by molar-refractivity contribution is 6.18. The standard InChI is InChI=1S/C14H16ClN/c1-10(9-15)7-12-4-6-14-13(8-12)5-3-11(2)16-14/h3-6,8,10H,7,9H2,1-2H3. The number of pyridine rings is 1. The van der Waals surface area contributed by atoms with Gasteiger partial charge in [0.05, 0.1) is 5.52 Å². The fraction of sp³-hybridized carbons (Fsp3) is 0.357. The summed E-state index contributed by atoms with van der Waals surface area (Å²) >= 11 is 5.83. The Morgan fingerprint density at radius 2 is 2.06 bits per heavy atom. The van der Waals surface area contributed by atoms with E-state index < -0.39 is 0 Å². The molecule has 84 valence electrons. The fourth-order valence-corrected chi connectivity index (χ4v) is 1.97. The minimum atomic E-state index is 0.525. The van der Waals surface area contributed by atoms with E-state index in [1.54, 1.807) is 0 Å². The lowest BCUT2D eigenvalue weighted by atomic mass is 10.0. The average Bonchev–Trinajstić information content (AvgIpc) is 2.29. The van der Waals surface area contributed by atoms with Gasteiger partial charge in [0, 0.05) is 17.0 Å². The zero-order valence-electron chi connectivity index (χ0n) is 9.70. The number of fused-ring (bicyclic) bond motifs is 1. The van der Waals surface area contributed by atoms with Crippen molar-refractivity contribution >= 4 is 22.5 Å². The van der Waals surface area contributed by atoms with Gasteiger partial charge in [0.2, 0.25) is 0 Å². The van der Waals surface area contributed by atoms with Crippen molar-refractivity contribution in [1.29, 1.82) is 0 Å². The van der Waals surface area contributed by atoms with Crippen LogP contribution in [-0.4, -0.2) is 10.9 Å². The van der Waals surface area contributed by atoms with Crippen LogP contribution < -0.4 is 0 Å². The van der Waals surface area contributed by atoms with E-state index in [1.807, 2.05) is 6.92 Å². The Morgan fingerprint density at radius 1 is 1.25 bits per heavy atom. The summed E-state index contributed by atoms with van der Waals surface area (Å²) in [6, 6.07) is 10.6. The Morgan fingerprint density at radius 3 is 2.81 bits per heavy atom. The molecule has 0 amide bonds. The number of aryl methyl sites for hydroxylation is 1. The van der Waals surface area contributed by atoms with Gasteiger partial charge in [-0.3, -0.25) is 4.98 Å². The maximum absolute atomic E-state index is 5.83. The van der Waals surface area contributed by atoms with E-state index in [0.717, 1.165) is 17.6 Å². The summed E-state index contributed by atoms with van der Waals surface area (Å²) in [5.41, 5.74) is 3.47. The van der Waals surface area contributed by atoms with Crippen LogP contribution in [0, 0.1) is 12.8 Å². The molecule has 0 bridgehead atoms. The van der Waals surface area contributed by atoms with Gasteiger partial charge in [-0.15, -0.1) is 11.6 Å². The topological polar surface area (TPSA) is 12.9 Å². The van der Waals surface area contributed by atoms with Crippen LogP contribution in [0.15, 0.2) is 30.3 Å². The molecule has 0 spiro atoms. The van der Waals surface area contributed by atoms with Crippen molar-refractivity contribution in [2.24, 2.45) is 5.92 Å². The first-order valence-corrected chi connectivity index (χ1v) is 6.15. The molecule has 2 rings (SSSR count). The highest BCUT2D eigenvalue weighted by Gasteiger charge is 2.03. The largest absolute Gasteiger partial charge is 0.253 e. The quantitative estimate of drug-likeness (QED) is 0.732. The van der Waals surface area contributed by atoms with Gasteiger partial charge in [-0.2, -0.15) is 0 Å². The van der Waals surface area contributed by atoms with Gasteiger partial charge in [-0.05, 0) is 43.0 Å². The molecule has 0 saturated heterocycles. The number of benzene rings is 1. The molecule has 0 aliphatic rings. The number of hydrogen-bond donors (Lipinski definition) is 0. The second-order valence-corrected chi connectivity index (χ2v) is 4.75. The first-order chi connectivity index (χ1) is 7.69. The number of aromatic nitrogens is 1. The van der Waals surface area contributed by atoms with Crippen molar-refractivity contribution in [1.82, 2.24) is 4.98 Å². The van der Waals surface area contributed by atoms with E-state index in [0.29, 0.717) is 11.8 Å². The summed E-state index contributed by atoms with van der Waals surface area (Å²) in [4.78, 5) is 4.49. The Labute approximate surface area is 101 Å². The van der Waals surface area contributed by atoms with E-state index in [2.05, 4.69) is 42.2 Å². The third-order valence-electron chi connectivity index (χ3n) is 2.74. The van der Waals surface area contributed by atoms with Gasteiger partial charge >= 0.3 is 0 Å². The van der Waals surface area contributed by atoms with Crippen molar-refractivity contribution in [3.63, 3.8) is 0 Å². The van der Waals surface area contributed by atoms with Crippen LogP contribution >= 0.6 is 11.6 Å². The molecular formula is C14H16ClN. The van der Waals surface area contributed by atoms with Crippen molar-refractivity contribution in [3.05, 3.63) is 41.6 Å². The summed E-state index contributed by atoms with van der Waals surface area (Å²) < 4.78 is 0. The Kier molecular flexibility index (Phi) is 3.45. The van der Waals surface area contributed by atoms with Crippen molar-refractivity contribution in [2.45, 2.75) is 20.3 Å². The molecule has 1 aromatic carbocycles. The first-order valence-electron chi connectivity index (χ1n) is 5.61. The van der Waals surface area contributed by atoms with Crippen LogP contribution in [-0.2, 0) is 6.42 Å². The number of nitrogens with zero attached hydrogens (tertiary/aromatic N) is 1. The molecular weight excluding hydrogens is 218 g/mol. The number of halogens is 1. The van der Waals surface area contributed by atoms with Crippen LogP contribution in [0.2, 0.25) is 0 Å². The summed E-state index contributed by atoms with van der Waals surface area (Å²) in [7, 11) is 0. The van der Waals surface area contributed by atoms with Crippen molar-refractivity contribution < 1.29 is 0 Å². The zero-order valence-corrected chi connectivity index (χ0v) is 10.5. The molecule has 2 aromatic rings. The molecule has 2 heteroatoms. The van der Waals surface area contributed by atoms with Gasteiger partial charge in [0.1, 0.15) is 0 Å². The second kappa shape index (κ2) is 4.84. The van der Waals surface area contributed by atoms with Gasteiger partial charge in [0.25, 0.3) is 0 Å². The van der Waals surface area contributed by atoms with E-state index in [-0.39, 0.29) is 0 Å².